The molecule has 1 heterocycles. The van der Waals surface area contributed by atoms with Gasteiger partial charge < -0.3 is 19.4 Å². The average molecular weight is 429 g/mol. The number of amides is 2. The van der Waals surface area contributed by atoms with Gasteiger partial charge in [0.25, 0.3) is 5.91 Å². The SMILES string of the molecule is CN(C)Cc1c(C(=O)NCCOc2ccc(SC(=O)NO)cc2)oc2ccccc12. The molecule has 9 heteroatoms. The highest BCUT2D eigenvalue weighted by molar-refractivity contribution is 8.13. The number of furan rings is 1. The first-order chi connectivity index (χ1) is 14.5. The van der Waals surface area contributed by atoms with Crippen LogP contribution in [0.15, 0.2) is 57.8 Å². The zero-order valence-electron chi connectivity index (χ0n) is 16.7. The van der Waals surface area contributed by atoms with Gasteiger partial charge in [0.05, 0.1) is 6.54 Å². The van der Waals surface area contributed by atoms with Gasteiger partial charge in [0.1, 0.15) is 17.9 Å². The van der Waals surface area contributed by atoms with E-state index < -0.39 is 5.24 Å². The second kappa shape index (κ2) is 10.1. The van der Waals surface area contributed by atoms with Crippen LogP contribution in [-0.4, -0.2) is 48.5 Å². The number of ether oxygens (including phenoxy) is 1. The second-order valence-electron chi connectivity index (χ2n) is 6.72. The lowest BCUT2D eigenvalue weighted by Gasteiger charge is -2.11. The Hall–Kier alpha value is -3.01. The Kier molecular flexibility index (Phi) is 7.34. The minimum Gasteiger partial charge on any atom is -0.492 e. The van der Waals surface area contributed by atoms with E-state index in [0.717, 1.165) is 22.7 Å². The fraction of sp³-hybridized carbons (Fsp3) is 0.238. The summed E-state index contributed by atoms with van der Waals surface area (Å²) in [5, 5.41) is 11.7. The maximum absolute atomic E-state index is 12.7. The Morgan fingerprint density at radius 3 is 2.57 bits per heavy atom. The van der Waals surface area contributed by atoms with E-state index in [4.69, 9.17) is 14.4 Å². The van der Waals surface area contributed by atoms with E-state index in [1.807, 2.05) is 43.3 Å². The third kappa shape index (κ3) is 5.53. The largest absolute Gasteiger partial charge is 0.492 e. The summed E-state index contributed by atoms with van der Waals surface area (Å²) >= 11 is 0.863. The van der Waals surface area contributed by atoms with E-state index in [1.165, 1.54) is 0 Å². The van der Waals surface area contributed by atoms with Gasteiger partial charge in [-0.25, -0.2) is 5.48 Å². The summed E-state index contributed by atoms with van der Waals surface area (Å²) in [6, 6.07) is 14.4. The molecule has 0 bridgehead atoms. The highest BCUT2D eigenvalue weighted by Crippen LogP contribution is 2.27. The molecular weight excluding hydrogens is 406 g/mol. The molecule has 0 spiro atoms. The van der Waals surface area contributed by atoms with Crippen molar-refractivity contribution in [2.45, 2.75) is 11.4 Å². The molecule has 0 aliphatic rings. The number of nitrogens with one attached hydrogen (secondary N) is 2. The predicted octanol–water partition coefficient (Wildman–Crippen LogP) is 3.49. The number of carbonyl (C=O) groups is 2. The lowest BCUT2D eigenvalue weighted by Crippen LogP contribution is -2.29. The first-order valence-corrected chi connectivity index (χ1v) is 10.1. The third-order valence-electron chi connectivity index (χ3n) is 4.16. The molecule has 3 aromatic rings. The summed E-state index contributed by atoms with van der Waals surface area (Å²) in [4.78, 5) is 26.4. The minimum atomic E-state index is -0.564. The maximum atomic E-state index is 12.7. The van der Waals surface area contributed by atoms with Gasteiger partial charge in [-0.2, -0.15) is 0 Å². The van der Waals surface area contributed by atoms with Gasteiger partial charge in [0.15, 0.2) is 5.76 Å². The number of benzene rings is 2. The third-order valence-corrected chi connectivity index (χ3v) is 4.95. The molecule has 158 valence electrons. The monoisotopic (exact) mass is 429 g/mol. The van der Waals surface area contributed by atoms with Crippen LogP contribution >= 0.6 is 11.8 Å². The molecule has 3 N–H and O–H groups in total. The summed E-state index contributed by atoms with van der Waals surface area (Å²) in [5.41, 5.74) is 3.10. The number of fused-ring (bicyclic) bond motifs is 1. The van der Waals surface area contributed by atoms with Crippen molar-refractivity contribution in [1.29, 1.82) is 0 Å². The van der Waals surface area contributed by atoms with Crippen molar-refractivity contribution in [2.75, 3.05) is 27.2 Å². The Morgan fingerprint density at radius 1 is 1.13 bits per heavy atom. The zero-order chi connectivity index (χ0) is 21.5. The van der Waals surface area contributed by atoms with Crippen LogP contribution in [0.3, 0.4) is 0 Å². The highest BCUT2D eigenvalue weighted by Gasteiger charge is 2.20. The molecular formula is C21H23N3O5S. The summed E-state index contributed by atoms with van der Waals surface area (Å²) in [6.45, 7) is 1.17. The van der Waals surface area contributed by atoms with Crippen molar-refractivity contribution in [2.24, 2.45) is 0 Å². The highest BCUT2D eigenvalue weighted by atomic mass is 32.2. The smallest absolute Gasteiger partial charge is 0.307 e. The minimum absolute atomic E-state index is 0.276. The molecule has 0 fully saturated rings. The van der Waals surface area contributed by atoms with Crippen LogP contribution in [0.2, 0.25) is 0 Å². The van der Waals surface area contributed by atoms with Gasteiger partial charge >= 0.3 is 5.24 Å². The molecule has 30 heavy (non-hydrogen) atoms. The van der Waals surface area contributed by atoms with Crippen LogP contribution in [0.4, 0.5) is 4.79 Å². The molecule has 0 aliphatic heterocycles. The summed E-state index contributed by atoms with van der Waals surface area (Å²) in [7, 11) is 3.88. The number of rotatable bonds is 8. The molecule has 1 aromatic heterocycles. The standard InChI is InChI=1S/C21H23N3O5S/c1-24(2)13-17-16-5-3-4-6-18(16)29-19(17)20(25)22-11-12-28-14-7-9-15(10-8-14)30-21(26)23-27/h3-10,27H,11-13H2,1-2H3,(H,22,25)(H,23,26). The summed E-state index contributed by atoms with van der Waals surface area (Å²) in [6.07, 6.45) is 0. The Bertz CT molecular complexity index is 1020. The quantitative estimate of drug-likeness (QED) is 0.218. The van der Waals surface area contributed by atoms with Gasteiger partial charge in [0.2, 0.25) is 0 Å². The van der Waals surface area contributed by atoms with Crippen LogP contribution in [0.5, 0.6) is 5.75 Å². The molecule has 0 unspecified atom stereocenters. The first-order valence-electron chi connectivity index (χ1n) is 9.26. The maximum Gasteiger partial charge on any atom is 0.307 e. The molecule has 0 saturated heterocycles. The van der Waals surface area contributed by atoms with E-state index in [9.17, 15) is 9.59 Å². The van der Waals surface area contributed by atoms with Crippen molar-refractivity contribution in [3.05, 3.63) is 59.9 Å². The molecule has 2 aromatic carbocycles. The van der Waals surface area contributed by atoms with Crippen molar-refractivity contribution in [1.82, 2.24) is 15.7 Å². The fourth-order valence-corrected chi connectivity index (χ4v) is 3.43. The zero-order valence-corrected chi connectivity index (χ0v) is 17.5. The summed E-state index contributed by atoms with van der Waals surface area (Å²) in [5.74, 6) is 0.636. The molecule has 8 nitrogen and oxygen atoms in total. The van der Waals surface area contributed by atoms with Crippen LogP contribution in [-0.2, 0) is 6.54 Å². The molecule has 0 radical (unpaired) electrons. The van der Waals surface area contributed by atoms with E-state index in [-0.39, 0.29) is 12.5 Å². The van der Waals surface area contributed by atoms with Crippen molar-refractivity contribution < 1.29 is 24.0 Å². The Morgan fingerprint density at radius 2 is 1.87 bits per heavy atom. The molecule has 2 amide bonds. The van der Waals surface area contributed by atoms with Crippen molar-refractivity contribution in [3.63, 3.8) is 0 Å². The van der Waals surface area contributed by atoms with E-state index in [1.54, 1.807) is 29.7 Å². The summed E-state index contributed by atoms with van der Waals surface area (Å²) < 4.78 is 11.4. The number of hydroxylamine groups is 1. The lowest BCUT2D eigenvalue weighted by molar-refractivity contribution is 0.0919. The van der Waals surface area contributed by atoms with E-state index in [2.05, 4.69) is 5.32 Å². The second-order valence-corrected chi connectivity index (χ2v) is 7.77. The number of nitrogens with zero attached hydrogens (tertiary/aromatic N) is 1. The number of thioether (sulfide) groups is 1. The van der Waals surface area contributed by atoms with Crippen molar-refractivity contribution >= 4 is 33.9 Å². The van der Waals surface area contributed by atoms with Gasteiger partial charge in [-0.15, -0.1) is 0 Å². The molecule has 0 atom stereocenters. The van der Waals surface area contributed by atoms with Crippen LogP contribution in [0, 0.1) is 0 Å². The average Bonchev–Trinajstić information content (AvgIpc) is 3.10. The van der Waals surface area contributed by atoms with Crippen LogP contribution < -0.4 is 15.5 Å². The molecule has 3 rings (SSSR count). The first kappa shape index (κ1) is 21.7. The molecule has 0 saturated carbocycles. The fourth-order valence-electron chi connectivity index (χ4n) is 2.90. The number of carbonyl (C=O) groups excluding carboxylic acids is 2. The van der Waals surface area contributed by atoms with E-state index >= 15 is 0 Å². The van der Waals surface area contributed by atoms with Crippen molar-refractivity contribution in [3.8, 4) is 5.75 Å². The number of para-hydroxylation sites is 1. The van der Waals surface area contributed by atoms with Crippen LogP contribution in [0.25, 0.3) is 11.0 Å². The normalized spacial score (nSPS) is 10.9. The Balaban J connectivity index is 1.55. The van der Waals surface area contributed by atoms with Crippen LogP contribution in [0.1, 0.15) is 16.1 Å². The number of hydrogen-bond acceptors (Lipinski definition) is 7. The van der Waals surface area contributed by atoms with Gasteiger partial charge in [-0.1, -0.05) is 18.2 Å². The lowest BCUT2D eigenvalue weighted by atomic mass is 10.1. The van der Waals surface area contributed by atoms with E-state index in [0.29, 0.717) is 35.1 Å². The molecule has 0 aliphatic carbocycles. The topological polar surface area (TPSA) is 104 Å². The van der Waals surface area contributed by atoms with Gasteiger partial charge in [0, 0.05) is 22.4 Å². The predicted molar refractivity (Wildman–Crippen MR) is 114 cm³/mol. The van der Waals surface area contributed by atoms with Gasteiger partial charge in [-0.3, -0.25) is 14.8 Å². The number of hydrogen-bond donors (Lipinski definition) is 3. The van der Waals surface area contributed by atoms with Gasteiger partial charge in [-0.05, 0) is 56.2 Å². The Labute approximate surface area is 178 Å².